The molecule has 0 bridgehead atoms. The third-order valence-corrected chi connectivity index (χ3v) is 5.24. The summed E-state index contributed by atoms with van der Waals surface area (Å²) in [7, 11) is 0. The number of likely N-dealkylation sites (tertiary alicyclic amines) is 1. The van der Waals surface area contributed by atoms with Crippen LogP contribution < -0.4 is 10.6 Å². The van der Waals surface area contributed by atoms with Gasteiger partial charge in [-0.15, -0.1) is 0 Å². The van der Waals surface area contributed by atoms with Crippen LogP contribution in [0.3, 0.4) is 0 Å². The van der Waals surface area contributed by atoms with Crippen molar-refractivity contribution in [3.05, 3.63) is 78.0 Å². The number of halogens is 1. The number of benzene rings is 1. The Bertz CT molecular complexity index is 1010. The van der Waals surface area contributed by atoms with Crippen molar-refractivity contribution in [3.63, 3.8) is 0 Å². The van der Waals surface area contributed by atoms with E-state index in [1.807, 2.05) is 31.2 Å². The predicted molar refractivity (Wildman–Crippen MR) is 115 cm³/mol. The van der Waals surface area contributed by atoms with Crippen molar-refractivity contribution in [2.24, 2.45) is 0 Å². The summed E-state index contributed by atoms with van der Waals surface area (Å²) < 4.78 is 13.0. The van der Waals surface area contributed by atoms with Gasteiger partial charge in [0.05, 0.1) is 30.2 Å². The van der Waals surface area contributed by atoms with Crippen LogP contribution >= 0.6 is 0 Å². The van der Waals surface area contributed by atoms with Crippen molar-refractivity contribution in [1.29, 1.82) is 0 Å². The molecular formula is C23H24FN5O. The second-order valence-electron chi connectivity index (χ2n) is 7.45. The first-order valence-corrected chi connectivity index (χ1v) is 10.0. The molecule has 0 spiro atoms. The van der Waals surface area contributed by atoms with E-state index < -0.39 is 0 Å². The van der Waals surface area contributed by atoms with E-state index in [4.69, 9.17) is 0 Å². The second kappa shape index (κ2) is 9.00. The van der Waals surface area contributed by atoms with Crippen molar-refractivity contribution >= 4 is 23.1 Å². The van der Waals surface area contributed by atoms with Crippen molar-refractivity contribution in [2.45, 2.75) is 25.8 Å². The summed E-state index contributed by atoms with van der Waals surface area (Å²) in [5.41, 5.74) is 3.48. The number of nitrogens with zero attached hydrogens (tertiary/aromatic N) is 3. The molecule has 1 aliphatic rings. The number of hydrogen-bond donors (Lipinski definition) is 2. The average Bonchev–Trinajstić information content (AvgIpc) is 3.20. The van der Waals surface area contributed by atoms with Gasteiger partial charge in [-0.3, -0.25) is 14.7 Å². The van der Waals surface area contributed by atoms with Crippen molar-refractivity contribution in [3.8, 4) is 0 Å². The predicted octanol–water partition coefficient (Wildman–Crippen LogP) is 4.44. The summed E-state index contributed by atoms with van der Waals surface area (Å²) in [5, 5.41) is 6.11. The average molecular weight is 405 g/mol. The summed E-state index contributed by atoms with van der Waals surface area (Å²) in [6.45, 7) is 3.12. The van der Waals surface area contributed by atoms with Crippen LogP contribution in [-0.2, 0) is 4.79 Å². The fraction of sp³-hybridized carbons (Fsp3) is 0.261. The molecule has 1 atom stereocenters. The summed E-state index contributed by atoms with van der Waals surface area (Å²) in [4.78, 5) is 23.5. The molecule has 3 heterocycles. The van der Waals surface area contributed by atoms with Gasteiger partial charge in [0.2, 0.25) is 5.91 Å². The van der Waals surface area contributed by atoms with Crippen molar-refractivity contribution < 1.29 is 9.18 Å². The molecular weight excluding hydrogens is 381 g/mol. The Morgan fingerprint density at radius 1 is 1.13 bits per heavy atom. The summed E-state index contributed by atoms with van der Waals surface area (Å²) in [5.74, 6) is 0.374. The van der Waals surface area contributed by atoms with Gasteiger partial charge < -0.3 is 10.6 Å². The third kappa shape index (κ3) is 4.80. The van der Waals surface area contributed by atoms with Gasteiger partial charge in [0.15, 0.2) is 0 Å². The highest BCUT2D eigenvalue weighted by Gasteiger charge is 2.28. The van der Waals surface area contributed by atoms with Crippen LogP contribution in [0.5, 0.6) is 0 Å². The van der Waals surface area contributed by atoms with Crippen LogP contribution in [0.4, 0.5) is 21.6 Å². The Hall–Kier alpha value is -3.32. The molecule has 30 heavy (non-hydrogen) atoms. The number of aromatic nitrogens is 2. The number of pyridine rings is 2. The van der Waals surface area contributed by atoms with Gasteiger partial charge in [0.1, 0.15) is 11.6 Å². The van der Waals surface area contributed by atoms with Gasteiger partial charge in [-0.1, -0.05) is 6.07 Å². The van der Waals surface area contributed by atoms with Gasteiger partial charge in [0, 0.05) is 11.9 Å². The number of carbonyl (C=O) groups is 1. The summed E-state index contributed by atoms with van der Waals surface area (Å²) >= 11 is 0. The zero-order chi connectivity index (χ0) is 20.9. The van der Waals surface area contributed by atoms with Gasteiger partial charge >= 0.3 is 0 Å². The van der Waals surface area contributed by atoms with E-state index in [0.717, 1.165) is 42.1 Å². The quantitative estimate of drug-likeness (QED) is 0.634. The lowest BCUT2D eigenvalue weighted by molar-refractivity contribution is -0.117. The molecule has 4 rings (SSSR count). The second-order valence-corrected chi connectivity index (χ2v) is 7.45. The maximum Gasteiger partial charge on any atom is 0.238 e. The topological polar surface area (TPSA) is 70.2 Å². The first-order valence-electron chi connectivity index (χ1n) is 10.0. The van der Waals surface area contributed by atoms with E-state index >= 15 is 0 Å². The number of anilines is 3. The molecule has 154 valence electrons. The molecule has 1 aliphatic heterocycles. The molecule has 7 heteroatoms. The molecule has 1 saturated heterocycles. The number of hydrogen-bond acceptors (Lipinski definition) is 5. The molecule has 2 N–H and O–H groups in total. The van der Waals surface area contributed by atoms with E-state index in [1.165, 1.54) is 12.1 Å². The van der Waals surface area contributed by atoms with Crippen molar-refractivity contribution in [2.75, 3.05) is 23.7 Å². The third-order valence-electron chi connectivity index (χ3n) is 5.24. The smallest absolute Gasteiger partial charge is 0.238 e. The highest BCUT2D eigenvalue weighted by atomic mass is 19.1. The van der Waals surface area contributed by atoms with E-state index in [1.54, 1.807) is 24.5 Å². The zero-order valence-electron chi connectivity index (χ0n) is 16.8. The normalized spacial score (nSPS) is 16.4. The molecule has 6 nitrogen and oxygen atoms in total. The minimum absolute atomic E-state index is 0.106. The Labute approximate surface area is 175 Å². The highest BCUT2D eigenvalue weighted by molar-refractivity contribution is 5.92. The van der Waals surface area contributed by atoms with E-state index in [0.29, 0.717) is 5.69 Å². The molecule has 3 aromatic rings. The number of amides is 1. The summed E-state index contributed by atoms with van der Waals surface area (Å²) in [6, 6.07) is 13.8. The van der Waals surface area contributed by atoms with Gasteiger partial charge in [-0.05, 0) is 74.3 Å². The molecule has 0 saturated carbocycles. The fourth-order valence-corrected chi connectivity index (χ4v) is 3.70. The molecule has 0 aliphatic carbocycles. The maximum absolute atomic E-state index is 13.0. The minimum atomic E-state index is -0.324. The molecule has 2 aromatic heterocycles. The molecule has 1 aromatic carbocycles. The van der Waals surface area contributed by atoms with Gasteiger partial charge in [0.25, 0.3) is 0 Å². The number of aryl methyl sites for hydroxylation is 1. The first kappa shape index (κ1) is 20.0. The van der Waals surface area contributed by atoms with Crippen LogP contribution in [0.25, 0.3) is 0 Å². The first-order chi connectivity index (χ1) is 14.6. The zero-order valence-corrected chi connectivity index (χ0v) is 16.8. The van der Waals surface area contributed by atoms with Crippen LogP contribution in [0.1, 0.15) is 30.1 Å². The Morgan fingerprint density at radius 2 is 1.93 bits per heavy atom. The van der Waals surface area contributed by atoms with Crippen molar-refractivity contribution in [1.82, 2.24) is 14.9 Å². The SMILES string of the molecule is Cc1cccnc1Nc1ccc([C@@H]2CCCN2CC(=O)Nc2ccc(F)cc2)nc1. The number of carbonyl (C=O) groups excluding carboxylic acids is 1. The largest absolute Gasteiger partial charge is 0.339 e. The maximum atomic E-state index is 13.0. The van der Waals surface area contributed by atoms with Crippen LogP contribution in [-0.4, -0.2) is 33.9 Å². The Kier molecular flexibility index (Phi) is 5.99. The van der Waals surface area contributed by atoms with E-state index in [9.17, 15) is 9.18 Å². The lowest BCUT2D eigenvalue weighted by Gasteiger charge is -2.23. The van der Waals surface area contributed by atoms with E-state index in [-0.39, 0.29) is 24.3 Å². The molecule has 0 unspecified atom stereocenters. The highest BCUT2D eigenvalue weighted by Crippen LogP contribution is 2.31. The fourth-order valence-electron chi connectivity index (χ4n) is 3.70. The molecule has 1 fully saturated rings. The molecule has 1 amide bonds. The summed E-state index contributed by atoms with van der Waals surface area (Å²) in [6.07, 6.45) is 5.54. The van der Waals surface area contributed by atoms with Crippen LogP contribution in [0.2, 0.25) is 0 Å². The lowest BCUT2D eigenvalue weighted by Crippen LogP contribution is -2.33. The van der Waals surface area contributed by atoms with Crippen LogP contribution in [0.15, 0.2) is 60.9 Å². The minimum Gasteiger partial charge on any atom is -0.339 e. The lowest BCUT2D eigenvalue weighted by atomic mass is 10.1. The molecule has 0 radical (unpaired) electrons. The number of rotatable bonds is 6. The monoisotopic (exact) mass is 405 g/mol. The Morgan fingerprint density at radius 3 is 2.67 bits per heavy atom. The number of nitrogens with one attached hydrogen (secondary N) is 2. The van der Waals surface area contributed by atoms with E-state index in [2.05, 4.69) is 25.5 Å². The van der Waals surface area contributed by atoms with Gasteiger partial charge in [-0.25, -0.2) is 9.37 Å². The standard InChI is InChI=1S/C23H24FN5O/c1-16-4-2-12-25-23(16)28-19-10-11-20(26-14-19)21-5-3-13-29(21)15-22(30)27-18-8-6-17(24)7-9-18/h2,4,6-12,14,21H,3,5,13,15H2,1H3,(H,25,28)(H,27,30)/t21-/m0/s1. The van der Waals surface area contributed by atoms with Gasteiger partial charge in [-0.2, -0.15) is 0 Å². The van der Waals surface area contributed by atoms with Crippen LogP contribution in [0, 0.1) is 12.7 Å². The Balaban J connectivity index is 1.38.